The topological polar surface area (TPSA) is 88.3 Å². The van der Waals surface area contributed by atoms with E-state index in [1.54, 1.807) is 0 Å². The van der Waals surface area contributed by atoms with Crippen LogP contribution in [0.25, 0.3) is 11.5 Å². The Morgan fingerprint density at radius 1 is 1.24 bits per heavy atom. The maximum atomic E-state index is 11.5. The van der Waals surface area contributed by atoms with Crippen LogP contribution in [-0.2, 0) is 16.6 Å². The highest BCUT2D eigenvalue weighted by atomic mass is 32.2. The van der Waals surface area contributed by atoms with Gasteiger partial charge in [0.2, 0.25) is 11.8 Å². The number of benzene rings is 1. The van der Waals surface area contributed by atoms with E-state index in [2.05, 4.69) is 14.9 Å². The largest absolute Gasteiger partial charge is 0.421 e. The molecule has 0 bridgehead atoms. The molecule has 0 aliphatic heterocycles. The van der Waals surface area contributed by atoms with Gasteiger partial charge in [-0.05, 0) is 18.6 Å². The average molecular weight is 310 g/mol. The summed E-state index contributed by atoms with van der Waals surface area (Å²) in [5.74, 6) is 0.841. The summed E-state index contributed by atoms with van der Waals surface area (Å²) in [6.45, 7) is 2.17. The molecule has 8 heteroatoms. The number of hydrogen-bond acceptors (Lipinski definition) is 5. The van der Waals surface area contributed by atoms with Crippen molar-refractivity contribution in [2.45, 2.75) is 13.3 Å². The van der Waals surface area contributed by atoms with Crippen molar-refractivity contribution < 1.29 is 12.8 Å². The molecular formula is C13H18N4O3S. The third-order valence-electron chi connectivity index (χ3n) is 2.95. The van der Waals surface area contributed by atoms with Crippen molar-refractivity contribution in [1.82, 2.24) is 19.2 Å². The average Bonchev–Trinajstić information content (AvgIpc) is 2.87. The molecule has 7 nitrogen and oxygen atoms in total. The Morgan fingerprint density at radius 2 is 1.95 bits per heavy atom. The molecule has 1 N–H and O–H groups in total. The van der Waals surface area contributed by atoms with Gasteiger partial charge in [-0.2, -0.15) is 12.7 Å². The first-order valence-corrected chi connectivity index (χ1v) is 7.89. The predicted molar refractivity (Wildman–Crippen MR) is 78.8 cm³/mol. The van der Waals surface area contributed by atoms with Crippen LogP contribution in [0.5, 0.6) is 0 Å². The highest BCUT2D eigenvalue weighted by molar-refractivity contribution is 7.87. The molecule has 0 atom stereocenters. The molecule has 0 spiro atoms. The Balaban J connectivity index is 2.00. The van der Waals surface area contributed by atoms with E-state index in [1.165, 1.54) is 14.1 Å². The molecule has 0 fully saturated rings. The van der Waals surface area contributed by atoms with Gasteiger partial charge in [0.25, 0.3) is 10.2 Å². The standard InChI is InChI=1S/C13H18N4O3S/c1-10-6-4-5-7-11(10)13-16-15-12(20-13)8-9-14-21(18,19)17(2)3/h4-7,14H,8-9H2,1-3H3. The summed E-state index contributed by atoms with van der Waals surface area (Å²) in [4.78, 5) is 0. The van der Waals surface area contributed by atoms with Gasteiger partial charge in [-0.3, -0.25) is 0 Å². The zero-order valence-electron chi connectivity index (χ0n) is 12.2. The quantitative estimate of drug-likeness (QED) is 0.859. The van der Waals surface area contributed by atoms with Gasteiger partial charge in [0.15, 0.2) is 0 Å². The SMILES string of the molecule is Cc1ccccc1-c1nnc(CCNS(=O)(=O)N(C)C)o1. The van der Waals surface area contributed by atoms with E-state index in [-0.39, 0.29) is 6.54 Å². The van der Waals surface area contributed by atoms with Crippen LogP contribution in [-0.4, -0.2) is 43.6 Å². The summed E-state index contributed by atoms with van der Waals surface area (Å²) in [6.07, 6.45) is 0.339. The van der Waals surface area contributed by atoms with Gasteiger partial charge in [0, 0.05) is 32.6 Å². The minimum Gasteiger partial charge on any atom is -0.421 e. The minimum absolute atomic E-state index is 0.204. The smallest absolute Gasteiger partial charge is 0.278 e. The Labute approximate surface area is 124 Å². The first-order chi connectivity index (χ1) is 9.90. The van der Waals surface area contributed by atoms with Crippen molar-refractivity contribution in [3.8, 4) is 11.5 Å². The first-order valence-electron chi connectivity index (χ1n) is 6.45. The van der Waals surface area contributed by atoms with E-state index in [4.69, 9.17) is 4.42 Å². The molecular weight excluding hydrogens is 292 g/mol. The third-order valence-corrected chi connectivity index (χ3v) is 4.48. The lowest BCUT2D eigenvalue weighted by atomic mass is 10.1. The van der Waals surface area contributed by atoms with Crippen LogP contribution in [0.2, 0.25) is 0 Å². The van der Waals surface area contributed by atoms with Crippen molar-refractivity contribution in [1.29, 1.82) is 0 Å². The van der Waals surface area contributed by atoms with Crippen molar-refractivity contribution in [3.05, 3.63) is 35.7 Å². The second-order valence-corrected chi connectivity index (χ2v) is 6.72. The molecule has 114 valence electrons. The molecule has 2 rings (SSSR count). The fourth-order valence-corrected chi connectivity index (χ4v) is 2.31. The van der Waals surface area contributed by atoms with E-state index in [1.807, 2.05) is 31.2 Å². The van der Waals surface area contributed by atoms with Crippen LogP contribution in [0.3, 0.4) is 0 Å². The zero-order chi connectivity index (χ0) is 15.5. The number of aromatic nitrogens is 2. The van der Waals surface area contributed by atoms with Gasteiger partial charge in [0.1, 0.15) is 0 Å². The van der Waals surface area contributed by atoms with Crippen LogP contribution in [0.1, 0.15) is 11.5 Å². The van der Waals surface area contributed by atoms with E-state index in [0.717, 1.165) is 15.4 Å². The van der Waals surface area contributed by atoms with Crippen molar-refractivity contribution >= 4 is 10.2 Å². The molecule has 0 radical (unpaired) electrons. The van der Waals surface area contributed by atoms with E-state index < -0.39 is 10.2 Å². The van der Waals surface area contributed by atoms with Crippen LogP contribution in [0.4, 0.5) is 0 Å². The van der Waals surface area contributed by atoms with Gasteiger partial charge in [-0.1, -0.05) is 18.2 Å². The van der Waals surface area contributed by atoms with E-state index in [0.29, 0.717) is 18.2 Å². The zero-order valence-corrected chi connectivity index (χ0v) is 13.0. The normalized spacial score (nSPS) is 12.0. The molecule has 1 aromatic carbocycles. The van der Waals surface area contributed by atoms with Gasteiger partial charge in [0.05, 0.1) is 0 Å². The number of aryl methyl sites for hydroxylation is 1. The molecule has 0 saturated carbocycles. The Bertz CT molecular complexity index is 710. The van der Waals surface area contributed by atoms with Crippen LogP contribution in [0.15, 0.2) is 28.7 Å². The summed E-state index contributed by atoms with van der Waals surface area (Å²) < 4.78 is 32.2. The summed E-state index contributed by atoms with van der Waals surface area (Å²) in [6, 6.07) is 7.70. The second kappa shape index (κ2) is 6.33. The van der Waals surface area contributed by atoms with E-state index >= 15 is 0 Å². The molecule has 0 saturated heterocycles. The van der Waals surface area contributed by atoms with Crippen molar-refractivity contribution in [2.24, 2.45) is 0 Å². The monoisotopic (exact) mass is 310 g/mol. The number of rotatable bonds is 6. The summed E-state index contributed by atoms with van der Waals surface area (Å²) in [5.41, 5.74) is 1.92. The first kappa shape index (κ1) is 15.6. The maximum absolute atomic E-state index is 11.5. The van der Waals surface area contributed by atoms with Gasteiger partial charge < -0.3 is 4.42 Å². The van der Waals surface area contributed by atoms with Crippen LogP contribution >= 0.6 is 0 Å². The lowest BCUT2D eigenvalue weighted by Gasteiger charge is -2.11. The fraction of sp³-hybridized carbons (Fsp3) is 0.385. The highest BCUT2D eigenvalue weighted by Gasteiger charge is 2.14. The molecule has 0 aliphatic carbocycles. The lowest BCUT2D eigenvalue weighted by molar-refractivity contribution is 0.488. The van der Waals surface area contributed by atoms with Gasteiger partial charge >= 0.3 is 0 Å². The Morgan fingerprint density at radius 3 is 2.62 bits per heavy atom. The Hall–Kier alpha value is -1.77. The summed E-state index contributed by atoms with van der Waals surface area (Å²) in [7, 11) is -0.500. The van der Waals surface area contributed by atoms with Crippen LogP contribution in [0, 0.1) is 6.92 Å². The lowest BCUT2D eigenvalue weighted by Crippen LogP contribution is -2.36. The summed E-state index contributed by atoms with van der Waals surface area (Å²) >= 11 is 0. The molecule has 2 aromatic rings. The fourth-order valence-electron chi connectivity index (χ4n) is 1.69. The molecule has 21 heavy (non-hydrogen) atoms. The molecule has 1 aromatic heterocycles. The number of hydrogen-bond donors (Lipinski definition) is 1. The maximum Gasteiger partial charge on any atom is 0.278 e. The third kappa shape index (κ3) is 3.87. The van der Waals surface area contributed by atoms with Crippen molar-refractivity contribution in [2.75, 3.05) is 20.6 Å². The Kier molecular flexibility index (Phi) is 4.71. The molecule has 1 heterocycles. The molecule has 0 amide bonds. The van der Waals surface area contributed by atoms with E-state index in [9.17, 15) is 8.42 Å². The number of nitrogens with zero attached hydrogens (tertiary/aromatic N) is 3. The van der Waals surface area contributed by atoms with Gasteiger partial charge in [-0.25, -0.2) is 4.72 Å². The minimum atomic E-state index is -3.43. The highest BCUT2D eigenvalue weighted by Crippen LogP contribution is 2.21. The summed E-state index contributed by atoms with van der Waals surface area (Å²) in [5, 5.41) is 7.93. The van der Waals surface area contributed by atoms with Gasteiger partial charge in [-0.15, -0.1) is 10.2 Å². The second-order valence-electron chi connectivity index (χ2n) is 4.75. The van der Waals surface area contributed by atoms with Crippen molar-refractivity contribution in [3.63, 3.8) is 0 Å². The predicted octanol–water partition coefficient (Wildman–Crippen LogP) is 0.984. The molecule has 0 unspecified atom stereocenters. The molecule has 0 aliphatic rings. The number of nitrogens with one attached hydrogen (secondary N) is 1. The van der Waals surface area contributed by atoms with Crippen LogP contribution < -0.4 is 4.72 Å².